The Morgan fingerprint density at radius 1 is 1.47 bits per heavy atom. The van der Waals surface area contributed by atoms with E-state index in [0.29, 0.717) is 6.04 Å². The second kappa shape index (κ2) is 5.87. The van der Waals surface area contributed by atoms with Crippen molar-refractivity contribution in [2.45, 2.75) is 32.2 Å². The third-order valence-corrected chi connectivity index (χ3v) is 3.69. The van der Waals surface area contributed by atoms with E-state index in [9.17, 15) is 8.42 Å². The van der Waals surface area contributed by atoms with Crippen LogP contribution in [0.25, 0.3) is 0 Å². The molecule has 5 heteroatoms. The third-order valence-electron chi connectivity index (χ3n) is 2.72. The lowest BCUT2D eigenvalue weighted by Crippen LogP contribution is -2.37. The van der Waals surface area contributed by atoms with Gasteiger partial charge in [0.1, 0.15) is 0 Å². The van der Waals surface area contributed by atoms with Gasteiger partial charge >= 0.3 is 0 Å². The molecule has 1 fully saturated rings. The van der Waals surface area contributed by atoms with E-state index in [1.807, 2.05) is 6.08 Å². The van der Waals surface area contributed by atoms with Gasteiger partial charge in [0.2, 0.25) is 9.05 Å². The number of hydrogen-bond donors (Lipinski definition) is 0. The van der Waals surface area contributed by atoms with Crippen molar-refractivity contribution in [3.8, 4) is 0 Å². The first-order valence-electron chi connectivity index (χ1n) is 5.36. The van der Waals surface area contributed by atoms with Gasteiger partial charge in [-0.3, -0.25) is 4.90 Å². The molecule has 0 spiro atoms. The molecule has 3 nitrogen and oxygen atoms in total. The standard InChI is InChI=1S/C10H18ClNO2S/c1-2-12-8-4-3-6-10(12)7-5-9-15(11,13)14/h5,7,10H,2-4,6,8-9H2,1H3/b7-5-. The maximum Gasteiger partial charge on any atom is 0.236 e. The minimum absolute atomic E-state index is 0.0669. The van der Waals surface area contributed by atoms with Crippen molar-refractivity contribution >= 4 is 19.7 Å². The van der Waals surface area contributed by atoms with Crippen molar-refractivity contribution in [3.63, 3.8) is 0 Å². The highest BCUT2D eigenvalue weighted by atomic mass is 35.7. The second-order valence-electron chi connectivity index (χ2n) is 3.83. The molecule has 0 aromatic carbocycles. The van der Waals surface area contributed by atoms with Gasteiger partial charge in [-0.1, -0.05) is 25.5 Å². The Balaban J connectivity index is 2.48. The van der Waals surface area contributed by atoms with Crippen molar-refractivity contribution in [2.24, 2.45) is 0 Å². The fourth-order valence-electron chi connectivity index (χ4n) is 1.95. The van der Waals surface area contributed by atoms with Crippen molar-refractivity contribution in [2.75, 3.05) is 18.8 Å². The molecule has 1 aliphatic rings. The van der Waals surface area contributed by atoms with Crippen LogP contribution >= 0.6 is 10.7 Å². The molecule has 88 valence electrons. The van der Waals surface area contributed by atoms with Crippen LogP contribution in [-0.4, -0.2) is 38.2 Å². The molecule has 1 rings (SSSR count). The number of hydrogen-bond acceptors (Lipinski definition) is 3. The largest absolute Gasteiger partial charge is 0.297 e. The molecule has 1 saturated heterocycles. The topological polar surface area (TPSA) is 37.4 Å². The molecule has 0 aliphatic carbocycles. The fraction of sp³-hybridized carbons (Fsp3) is 0.800. The number of rotatable bonds is 4. The van der Waals surface area contributed by atoms with Crippen LogP contribution in [0.2, 0.25) is 0 Å². The molecule has 0 radical (unpaired) electrons. The smallest absolute Gasteiger partial charge is 0.236 e. The molecular formula is C10H18ClNO2S. The van der Waals surface area contributed by atoms with Crippen molar-refractivity contribution in [1.29, 1.82) is 0 Å². The van der Waals surface area contributed by atoms with E-state index in [4.69, 9.17) is 10.7 Å². The lowest BCUT2D eigenvalue weighted by atomic mass is 10.0. The van der Waals surface area contributed by atoms with Gasteiger partial charge in [-0.05, 0) is 25.9 Å². The summed E-state index contributed by atoms with van der Waals surface area (Å²) in [6.07, 6.45) is 7.22. The van der Waals surface area contributed by atoms with E-state index in [1.165, 1.54) is 12.8 Å². The number of likely N-dealkylation sites (N-methyl/N-ethyl adjacent to an activating group) is 1. The van der Waals surface area contributed by atoms with Gasteiger partial charge in [-0.25, -0.2) is 8.42 Å². The lowest BCUT2D eigenvalue weighted by molar-refractivity contribution is 0.189. The minimum Gasteiger partial charge on any atom is -0.297 e. The van der Waals surface area contributed by atoms with E-state index >= 15 is 0 Å². The zero-order valence-corrected chi connectivity index (χ0v) is 10.6. The van der Waals surface area contributed by atoms with Crippen LogP contribution in [0.15, 0.2) is 12.2 Å². The Bertz CT molecular complexity index is 313. The Labute approximate surface area is 96.5 Å². The van der Waals surface area contributed by atoms with Gasteiger partial charge in [0.25, 0.3) is 0 Å². The first kappa shape index (κ1) is 13.0. The molecule has 1 unspecified atom stereocenters. The first-order valence-corrected chi connectivity index (χ1v) is 7.84. The van der Waals surface area contributed by atoms with Crippen LogP contribution in [0.4, 0.5) is 0 Å². The summed E-state index contributed by atoms with van der Waals surface area (Å²) in [6.45, 7) is 4.26. The average Bonchev–Trinajstić information content (AvgIpc) is 2.16. The summed E-state index contributed by atoms with van der Waals surface area (Å²) in [5.41, 5.74) is 0. The molecule has 0 amide bonds. The monoisotopic (exact) mass is 251 g/mol. The molecule has 0 saturated carbocycles. The van der Waals surface area contributed by atoms with E-state index in [-0.39, 0.29) is 5.75 Å². The quantitative estimate of drug-likeness (QED) is 0.567. The molecule has 1 heterocycles. The molecule has 0 bridgehead atoms. The molecule has 1 aliphatic heterocycles. The number of nitrogens with zero attached hydrogens (tertiary/aromatic N) is 1. The summed E-state index contributed by atoms with van der Waals surface area (Å²) in [4.78, 5) is 2.36. The van der Waals surface area contributed by atoms with E-state index < -0.39 is 9.05 Å². The normalized spacial score (nSPS) is 24.8. The highest BCUT2D eigenvalue weighted by Gasteiger charge is 2.17. The van der Waals surface area contributed by atoms with Crippen molar-refractivity contribution in [3.05, 3.63) is 12.2 Å². The highest BCUT2D eigenvalue weighted by molar-refractivity contribution is 8.13. The number of likely N-dealkylation sites (tertiary alicyclic amines) is 1. The Hall–Kier alpha value is -0.0600. The summed E-state index contributed by atoms with van der Waals surface area (Å²) in [5.74, 6) is -0.0669. The first-order chi connectivity index (χ1) is 7.03. The summed E-state index contributed by atoms with van der Waals surface area (Å²) in [6, 6.07) is 0.391. The average molecular weight is 252 g/mol. The van der Waals surface area contributed by atoms with Crippen LogP contribution < -0.4 is 0 Å². The molecular weight excluding hydrogens is 234 g/mol. The lowest BCUT2D eigenvalue weighted by Gasteiger charge is -2.32. The predicted octanol–water partition coefficient (Wildman–Crippen LogP) is 1.99. The van der Waals surface area contributed by atoms with Crippen LogP contribution in [0.1, 0.15) is 26.2 Å². The van der Waals surface area contributed by atoms with Crippen molar-refractivity contribution < 1.29 is 8.42 Å². The SMILES string of the molecule is CCN1CCCCC1/C=C\CS(=O)(=O)Cl. The summed E-state index contributed by atoms with van der Waals surface area (Å²) in [5, 5.41) is 0. The zero-order chi connectivity index (χ0) is 11.3. The van der Waals surface area contributed by atoms with Gasteiger partial charge in [0, 0.05) is 16.7 Å². The van der Waals surface area contributed by atoms with Gasteiger partial charge in [0.15, 0.2) is 0 Å². The van der Waals surface area contributed by atoms with Gasteiger partial charge in [0.05, 0.1) is 5.75 Å². The maximum absolute atomic E-state index is 10.7. The second-order valence-corrected chi connectivity index (χ2v) is 6.65. The Morgan fingerprint density at radius 2 is 2.20 bits per heavy atom. The van der Waals surface area contributed by atoms with Crippen LogP contribution in [0.3, 0.4) is 0 Å². The number of halogens is 1. The minimum atomic E-state index is -3.38. The molecule has 1 atom stereocenters. The third kappa shape index (κ3) is 5.00. The summed E-state index contributed by atoms with van der Waals surface area (Å²) in [7, 11) is 1.75. The van der Waals surface area contributed by atoms with E-state index in [0.717, 1.165) is 19.5 Å². The molecule has 0 aromatic rings. The Kier molecular flexibility index (Phi) is 5.09. The predicted molar refractivity (Wildman–Crippen MR) is 63.7 cm³/mol. The fourth-order valence-corrected chi connectivity index (χ4v) is 2.51. The molecule has 15 heavy (non-hydrogen) atoms. The van der Waals surface area contributed by atoms with Gasteiger partial charge in [-0.2, -0.15) is 0 Å². The molecule has 0 aromatic heterocycles. The van der Waals surface area contributed by atoms with E-state index in [2.05, 4.69) is 11.8 Å². The van der Waals surface area contributed by atoms with E-state index in [1.54, 1.807) is 6.08 Å². The van der Waals surface area contributed by atoms with Crippen LogP contribution in [0, 0.1) is 0 Å². The summed E-state index contributed by atoms with van der Waals surface area (Å²) < 4.78 is 21.4. The van der Waals surface area contributed by atoms with Crippen molar-refractivity contribution in [1.82, 2.24) is 4.90 Å². The van der Waals surface area contributed by atoms with Crippen LogP contribution in [0.5, 0.6) is 0 Å². The van der Waals surface area contributed by atoms with Gasteiger partial charge in [-0.15, -0.1) is 0 Å². The number of piperidine rings is 1. The maximum atomic E-state index is 10.7. The Morgan fingerprint density at radius 3 is 2.80 bits per heavy atom. The summed E-state index contributed by atoms with van der Waals surface area (Å²) >= 11 is 0. The zero-order valence-electron chi connectivity index (χ0n) is 9.02. The highest BCUT2D eigenvalue weighted by Crippen LogP contribution is 2.17. The van der Waals surface area contributed by atoms with Crippen LogP contribution in [-0.2, 0) is 9.05 Å². The molecule has 0 N–H and O–H groups in total. The van der Waals surface area contributed by atoms with Gasteiger partial charge < -0.3 is 0 Å².